The van der Waals surface area contributed by atoms with Crippen LogP contribution in [0.2, 0.25) is 0 Å². The maximum Gasteiger partial charge on any atom is 0.307 e. The standard InChI is InChI=1S/C16H20N2O4S/c1-11(16(19)20)10-17-23(21,22)15-9-5-6-12-13(15)7-4-8-14(12)18(2)3/h4-9,11,17H,10H2,1-3H3,(H,19,20). The second-order valence-electron chi connectivity index (χ2n) is 5.61. The van der Waals surface area contributed by atoms with E-state index in [-0.39, 0.29) is 11.4 Å². The molecule has 124 valence electrons. The Morgan fingerprint density at radius 1 is 1.17 bits per heavy atom. The van der Waals surface area contributed by atoms with E-state index in [0.717, 1.165) is 11.1 Å². The molecule has 2 N–H and O–H groups in total. The largest absolute Gasteiger partial charge is 0.481 e. The van der Waals surface area contributed by atoms with Gasteiger partial charge in [-0.05, 0) is 12.1 Å². The Kier molecular flexibility index (Phi) is 4.91. The first-order chi connectivity index (χ1) is 10.7. The molecule has 0 fully saturated rings. The highest BCUT2D eigenvalue weighted by Gasteiger charge is 2.20. The van der Waals surface area contributed by atoms with Crippen LogP contribution in [-0.4, -0.2) is 40.1 Å². The molecule has 0 saturated carbocycles. The fourth-order valence-electron chi connectivity index (χ4n) is 2.29. The lowest BCUT2D eigenvalue weighted by Gasteiger charge is -2.17. The predicted molar refractivity (Wildman–Crippen MR) is 90.3 cm³/mol. The Morgan fingerprint density at radius 3 is 2.39 bits per heavy atom. The van der Waals surface area contributed by atoms with Crippen LogP contribution in [0.4, 0.5) is 5.69 Å². The number of sulfonamides is 1. The molecule has 7 heteroatoms. The van der Waals surface area contributed by atoms with E-state index >= 15 is 0 Å². The molecular formula is C16H20N2O4S. The van der Waals surface area contributed by atoms with Crippen LogP contribution in [0.1, 0.15) is 6.92 Å². The van der Waals surface area contributed by atoms with Gasteiger partial charge in [-0.3, -0.25) is 4.79 Å². The fraction of sp³-hybridized carbons (Fsp3) is 0.312. The molecule has 0 heterocycles. The number of aliphatic carboxylic acids is 1. The average Bonchev–Trinajstić information content (AvgIpc) is 2.51. The van der Waals surface area contributed by atoms with Crippen LogP contribution in [0.15, 0.2) is 41.3 Å². The lowest BCUT2D eigenvalue weighted by atomic mass is 10.1. The normalized spacial score (nSPS) is 13.0. The first kappa shape index (κ1) is 17.2. The van der Waals surface area contributed by atoms with Crippen molar-refractivity contribution >= 4 is 32.5 Å². The first-order valence-corrected chi connectivity index (χ1v) is 8.64. The van der Waals surface area contributed by atoms with Gasteiger partial charge in [-0.15, -0.1) is 0 Å². The van der Waals surface area contributed by atoms with E-state index in [4.69, 9.17) is 5.11 Å². The van der Waals surface area contributed by atoms with Crippen molar-refractivity contribution in [3.8, 4) is 0 Å². The van der Waals surface area contributed by atoms with Crippen molar-refractivity contribution in [2.75, 3.05) is 25.5 Å². The van der Waals surface area contributed by atoms with Gasteiger partial charge in [-0.25, -0.2) is 13.1 Å². The van der Waals surface area contributed by atoms with Crippen LogP contribution in [0.5, 0.6) is 0 Å². The number of carboxylic acids is 1. The molecule has 0 radical (unpaired) electrons. The summed E-state index contributed by atoms with van der Waals surface area (Å²) in [5.41, 5.74) is 0.915. The second-order valence-corrected chi connectivity index (χ2v) is 7.35. The molecule has 1 atom stereocenters. The Hall–Kier alpha value is -2.12. The quantitative estimate of drug-likeness (QED) is 0.841. The molecule has 23 heavy (non-hydrogen) atoms. The van der Waals surface area contributed by atoms with Crippen molar-refractivity contribution in [2.45, 2.75) is 11.8 Å². The van der Waals surface area contributed by atoms with Crippen LogP contribution in [0.3, 0.4) is 0 Å². The molecule has 0 spiro atoms. The molecule has 0 bridgehead atoms. The molecular weight excluding hydrogens is 316 g/mol. The summed E-state index contributed by atoms with van der Waals surface area (Å²) < 4.78 is 27.4. The number of carboxylic acid groups (broad SMARTS) is 1. The third kappa shape index (κ3) is 3.62. The molecule has 0 aliphatic carbocycles. The number of hydrogen-bond donors (Lipinski definition) is 2. The summed E-state index contributed by atoms with van der Waals surface area (Å²) in [4.78, 5) is 12.9. The number of nitrogens with one attached hydrogen (secondary N) is 1. The number of rotatable bonds is 6. The maximum absolute atomic E-state index is 12.5. The minimum Gasteiger partial charge on any atom is -0.481 e. The van der Waals surface area contributed by atoms with Gasteiger partial charge in [-0.1, -0.05) is 31.2 Å². The maximum atomic E-state index is 12.5. The molecule has 0 amide bonds. The van der Waals surface area contributed by atoms with Gasteiger partial charge in [0.2, 0.25) is 10.0 Å². The zero-order valence-corrected chi connectivity index (χ0v) is 14.1. The number of nitrogens with zero attached hydrogens (tertiary/aromatic N) is 1. The van der Waals surface area contributed by atoms with Crippen LogP contribution >= 0.6 is 0 Å². The summed E-state index contributed by atoms with van der Waals surface area (Å²) in [6, 6.07) is 10.5. The molecule has 0 saturated heterocycles. The van der Waals surface area contributed by atoms with Gasteiger partial charge in [0.1, 0.15) is 0 Å². The Balaban J connectivity index is 2.47. The van der Waals surface area contributed by atoms with Crippen LogP contribution in [0.25, 0.3) is 10.8 Å². The van der Waals surface area contributed by atoms with Gasteiger partial charge in [0, 0.05) is 37.1 Å². The molecule has 0 aliphatic rings. The first-order valence-electron chi connectivity index (χ1n) is 7.15. The Bertz CT molecular complexity index is 831. The van der Waals surface area contributed by atoms with E-state index in [1.165, 1.54) is 13.0 Å². The highest BCUT2D eigenvalue weighted by Crippen LogP contribution is 2.30. The topological polar surface area (TPSA) is 86.7 Å². The second kappa shape index (κ2) is 6.55. The van der Waals surface area contributed by atoms with Crippen molar-refractivity contribution < 1.29 is 18.3 Å². The van der Waals surface area contributed by atoms with E-state index < -0.39 is 21.9 Å². The van der Waals surface area contributed by atoms with Gasteiger partial charge in [0.25, 0.3) is 0 Å². The van der Waals surface area contributed by atoms with Crippen molar-refractivity contribution in [2.24, 2.45) is 5.92 Å². The van der Waals surface area contributed by atoms with Crippen molar-refractivity contribution in [3.05, 3.63) is 36.4 Å². The van der Waals surface area contributed by atoms with Crippen LogP contribution < -0.4 is 9.62 Å². The summed E-state index contributed by atoms with van der Waals surface area (Å²) in [6.45, 7) is 1.31. The zero-order chi connectivity index (χ0) is 17.2. The highest BCUT2D eigenvalue weighted by atomic mass is 32.2. The minimum atomic E-state index is -3.79. The van der Waals surface area contributed by atoms with Crippen LogP contribution in [-0.2, 0) is 14.8 Å². The SMILES string of the molecule is CC(CNS(=O)(=O)c1cccc2c(N(C)C)cccc12)C(=O)O. The fourth-order valence-corrected chi connectivity index (χ4v) is 3.64. The summed E-state index contributed by atoms with van der Waals surface area (Å²) in [5, 5.41) is 10.3. The molecule has 0 aliphatic heterocycles. The van der Waals surface area contributed by atoms with E-state index in [0.29, 0.717) is 5.39 Å². The number of fused-ring (bicyclic) bond motifs is 1. The third-order valence-electron chi connectivity index (χ3n) is 3.63. The van der Waals surface area contributed by atoms with E-state index in [2.05, 4.69) is 4.72 Å². The number of anilines is 1. The summed E-state index contributed by atoms with van der Waals surface area (Å²) in [5.74, 6) is -1.84. The molecule has 2 aromatic carbocycles. The Labute approximate surface area is 135 Å². The summed E-state index contributed by atoms with van der Waals surface area (Å²) in [6.07, 6.45) is 0. The molecule has 0 aromatic heterocycles. The van der Waals surface area contributed by atoms with Gasteiger partial charge in [-0.2, -0.15) is 0 Å². The lowest BCUT2D eigenvalue weighted by Crippen LogP contribution is -2.31. The van der Waals surface area contributed by atoms with Crippen molar-refractivity contribution in [1.82, 2.24) is 4.72 Å². The minimum absolute atomic E-state index is 0.149. The van der Waals surface area contributed by atoms with E-state index in [9.17, 15) is 13.2 Å². The zero-order valence-electron chi connectivity index (χ0n) is 13.3. The lowest BCUT2D eigenvalue weighted by molar-refractivity contribution is -0.140. The molecule has 1 unspecified atom stereocenters. The summed E-state index contributed by atoms with van der Waals surface area (Å²) in [7, 11) is -0.00657. The highest BCUT2D eigenvalue weighted by molar-refractivity contribution is 7.89. The molecule has 2 rings (SSSR count). The molecule has 2 aromatic rings. The van der Waals surface area contributed by atoms with Gasteiger partial charge in [0.15, 0.2) is 0 Å². The van der Waals surface area contributed by atoms with Gasteiger partial charge < -0.3 is 10.0 Å². The van der Waals surface area contributed by atoms with Gasteiger partial charge in [0.05, 0.1) is 10.8 Å². The number of benzene rings is 2. The Morgan fingerprint density at radius 2 is 1.78 bits per heavy atom. The monoisotopic (exact) mass is 336 g/mol. The summed E-state index contributed by atoms with van der Waals surface area (Å²) >= 11 is 0. The van der Waals surface area contributed by atoms with E-state index in [1.54, 1.807) is 18.2 Å². The number of carbonyl (C=O) groups is 1. The van der Waals surface area contributed by atoms with Crippen LogP contribution in [0, 0.1) is 5.92 Å². The smallest absolute Gasteiger partial charge is 0.307 e. The third-order valence-corrected chi connectivity index (χ3v) is 5.11. The van der Waals surface area contributed by atoms with Crippen molar-refractivity contribution in [1.29, 1.82) is 0 Å². The van der Waals surface area contributed by atoms with Crippen molar-refractivity contribution in [3.63, 3.8) is 0 Å². The van der Waals surface area contributed by atoms with E-state index in [1.807, 2.05) is 31.1 Å². The average molecular weight is 336 g/mol. The van der Waals surface area contributed by atoms with Gasteiger partial charge >= 0.3 is 5.97 Å². The predicted octanol–water partition coefficient (Wildman–Crippen LogP) is 1.90. The molecule has 6 nitrogen and oxygen atoms in total. The number of hydrogen-bond acceptors (Lipinski definition) is 4.